The molecule has 1 aliphatic rings. The number of quaternary nitrogens is 1. The van der Waals surface area contributed by atoms with Crippen molar-refractivity contribution >= 4 is 40.7 Å². The average molecular weight is 387 g/mol. The molecule has 1 aromatic rings. The molecule has 0 heterocycles. The summed E-state index contributed by atoms with van der Waals surface area (Å²) in [5.41, 5.74) is 0.597. The van der Waals surface area contributed by atoms with Gasteiger partial charge in [-0.2, -0.15) is 0 Å². The van der Waals surface area contributed by atoms with E-state index in [2.05, 4.69) is 12.2 Å². The minimum absolute atomic E-state index is 0.119. The Bertz CT molecular complexity index is 620. The van der Waals surface area contributed by atoms with Gasteiger partial charge in [-0.25, -0.2) is 0 Å². The van der Waals surface area contributed by atoms with Gasteiger partial charge in [-0.05, 0) is 43.4 Å². The molecule has 0 saturated heterocycles. The third kappa shape index (κ3) is 6.84. The number of amides is 2. The highest BCUT2D eigenvalue weighted by Gasteiger charge is 2.27. The quantitative estimate of drug-likeness (QED) is 0.682. The highest BCUT2D eigenvalue weighted by molar-refractivity contribution is 6.42. The van der Waals surface area contributed by atoms with E-state index in [-0.39, 0.29) is 18.4 Å². The van der Waals surface area contributed by atoms with Gasteiger partial charge in [0.15, 0.2) is 13.1 Å². The topological polar surface area (TPSA) is 53.9 Å². The van der Waals surface area contributed by atoms with Crippen LogP contribution in [-0.4, -0.2) is 49.9 Å². The highest BCUT2D eigenvalue weighted by Crippen LogP contribution is 2.29. The minimum Gasteiger partial charge on any atom is -0.338 e. The molecule has 1 aliphatic carbocycles. The number of benzene rings is 1. The van der Waals surface area contributed by atoms with E-state index in [4.69, 9.17) is 23.2 Å². The van der Waals surface area contributed by atoms with Gasteiger partial charge in [-0.1, -0.05) is 30.1 Å². The Labute approximate surface area is 159 Å². The predicted molar refractivity (Wildman–Crippen MR) is 101 cm³/mol. The summed E-state index contributed by atoms with van der Waals surface area (Å²) >= 11 is 11.8. The summed E-state index contributed by atoms with van der Waals surface area (Å²) < 4.78 is 0. The number of carbonyl (C=O) groups is 2. The van der Waals surface area contributed by atoms with E-state index < -0.39 is 0 Å². The maximum atomic E-state index is 12.5. The van der Waals surface area contributed by atoms with Crippen molar-refractivity contribution < 1.29 is 14.5 Å². The van der Waals surface area contributed by atoms with E-state index in [1.54, 1.807) is 18.2 Å². The lowest BCUT2D eigenvalue weighted by atomic mass is 10.3. The number of halogens is 2. The van der Waals surface area contributed by atoms with E-state index in [0.717, 1.165) is 24.4 Å². The molecule has 2 rings (SSSR count). The molecule has 2 amide bonds. The second-order valence-electron chi connectivity index (χ2n) is 6.77. The molecule has 1 unspecified atom stereocenters. The van der Waals surface area contributed by atoms with Crippen LogP contribution in [0.25, 0.3) is 0 Å². The molecule has 25 heavy (non-hydrogen) atoms. The number of hydrogen-bond acceptors (Lipinski definition) is 2. The number of nitrogens with one attached hydrogen (secondary N) is 2. The van der Waals surface area contributed by atoms with Crippen molar-refractivity contribution in [2.75, 3.05) is 38.5 Å². The standard InChI is InChI=1S/C18H25Cl2N3O2/c1-3-8-23(10-13-4-5-13)18(25)12-22(2)11-17(24)21-14-6-7-15(19)16(20)9-14/h6-7,9,13H,3-5,8,10-12H2,1-2H3,(H,21,24)/p+1. The van der Waals surface area contributed by atoms with E-state index in [1.165, 1.54) is 12.8 Å². The van der Waals surface area contributed by atoms with Crippen LogP contribution in [0, 0.1) is 5.92 Å². The molecule has 2 N–H and O–H groups in total. The third-order valence-electron chi connectivity index (χ3n) is 4.14. The van der Waals surface area contributed by atoms with E-state index in [1.807, 2.05) is 11.9 Å². The lowest BCUT2D eigenvalue weighted by Crippen LogP contribution is -3.11. The molecular formula is C18H26Cl2N3O2+. The van der Waals surface area contributed by atoms with Crippen molar-refractivity contribution in [3.63, 3.8) is 0 Å². The van der Waals surface area contributed by atoms with Gasteiger partial charge in [-0.15, -0.1) is 0 Å². The van der Waals surface area contributed by atoms with Crippen LogP contribution in [0.1, 0.15) is 26.2 Å². The van der Waals surface area contributed by atoms with Crippen LogP contribution < -0.4 is 10.2 Å². The third-order valence-corrected chi connectivity index (χ3v) is 4.88. The van der Waals surface area contributed by atoms with Crippen LogP contribution in [0.15, 0.2) is 18.2 Å². The average Bonchev–Trinajstić information content (AvgIpc) is 3.34. The van der Waals surface area contributed by atoms with Crippen molar-refractivity contribution in [2.24, 2.45) is 5.92 Å². The molecule has 138 valence electrons. The molecule has 0 spiro atoms. The lowest BCUT2D eigenvalue weighted by molar-refractivity contribution is -0.862. The van der Waals surface area contributed by atoms with Crippen molar-refractivity contribution in [3.05, 3.63) is 28.2 Å². The van der Waals surface area contributed by atoms with Gasteiger partial charge in [0.1, 0.15) is 0 Å². The molecule has 5 nitrogen and oxygen atoms in total. The summed E-state index contributed by atoms with van der Waals surface area (Å²) in [5.74, 6) is 0.635. The van der Waals surface area contributed by atoms with Crippen LogP contribution in [0.4, 0.5) is 5.69 Å². The zero-order valence-corrected chi connectivity index (χ0v) is 16.3. The first kappa shape index (κ1) is 20.0. The summed E-state index contributed by atoms with van der Waals surface area (Å²) in [6, 6.07) is 4.95. The molecule has 7 heteroatoms. The zero-order chi connectivity index (χ0) is 18.4. The number of likely N-dealkylation sites (N-methyl/N-ethyl adjacent to an activating group) is 1. The van der Waals surface area contributed by atoms with Crippen LogP contribution >= 0.6 is 23.2 Å². The van der Waals surface area contributed by atoms with Gasteiger partial charge < -0.3 is 15.1 Å². The fourth-order valence-corrected chi connectivity index (χ4v) is 2.98. The fourth-order valence-electron chi connectivity index (χ4n) is 2.69. The van der Waals surface area contributed by atoms with Crippen LogP contribution in [0.2, 0.25) is 10.0 Å². The first-order valence-electron chi connectivity index (χ1n) is 8.73. The Morgan fingerprint density at radius 1 is 1.24 bits per heavy atom. The van der Waals surface area contributed by atoms with Gasteiger partial charge in [0.2, 0.25) is 0 Å². The molecule has 0 bridgehead atoms. The number of hydrogen-bond donors (Lipinski definition) is 2. The van der Waals surface area contributed by atoms with Gasteiger partial charge in [0.05, 0.1) is 17.1 Å². The van der Waals surface area contributed by atoms with Crippen molar-refractivity contribution in [3.8, 4) is 0 Å². The molecule has 1 atom stereocenters. The van der Waals surface area contributed by atoms with Crippen LogP contribution in [-0.2, 0) is 9.59 Å². The molecule has 1 saturated carbocycles. The Balaban J connectivity index is 1.80. The van der Waals surface area contributed by atoms with Crippen LogP contribution in [0.5, 0.6) is 0 Å². The predicted octanol–water partition coefficient (Wildman–Crippen LogP) is 2.10. The van der Waals surface area contributed by atoms with Crippen molar-refractivity contribution in [2.45, 2.75) is 26.2 Å². The lowest BCUT2D eigenvalue weighted by Gasteiger charge is -2.23. The first-order valence-corrected chi connectivity index (χ1v) is 9.48. The Hall–Kier alpha value is -1.30. The normalized spacial score (nSPS) is 14.9. The van der Waals surface area contributed by atoms with E-state index in [0.29, 0.717) is 28.2 Å². The second kappa shape index (κ2) is 9.41. The smallest absolute Gasteiger partial charge is 0.279 e. The van der Waals surface area contributed by atoms with Crippen molar-refractivity contribution in [1.82, 2.24) is 4.90 Å². The van der Waals surface area contributed by atoms with Gasteiger partial charge in [-0.3, -0.25) is 9.59 Å². The first-order chi connectivity index (χ1) is 11.9. The molecular weight excluding hydrogens is 361 g/mol. The summed E-state index contributed by atoms with van der Waals surface area (Å²) in [5, 5.41) is 3.62. The summed E-state index contributed by atoms with van der Waals surface area (Å²) in [7, 11) is 1.85. The molecule has 0 aromatic heterocycles. The fraction of sp³-hybridized carbons (Fsp3) is 0.556. The Morgan fingerprint density at radius 2 is 1.96 bits per heavy atom. The maximum absolute atomic E-state index is 12.5. The van der Waals surface area contributed by atoms with Gasteiger partial charge >= 0.3 is 0 Å². The molecule has 0 radical (unpaired) electrons. The Morgan fingerprint density at radius 3 is 2.56 bits per heavy atom. The second-order valence-corrected chi connectivity index (χ2v) is 7.59. The van der Waals surface area contributed by atoms with E-state index in [9.17, 15) is 9.59 Å². The monoisotopic (exact) mass is 386 g/mol. The minimum atomic E-state index is -0.159. The zero-order valence-electron chi connectivity index (χ0n) is 14.8. The number of anilines is 1. The maximum Gasteiger partial charge on any atom is 0.279 e. The Kier molecular flexibility index (Phi) is 7.54. The summed E-state index contributed by atoms with van der Waals surface area (Å²) in [6.45, 7) is 4.26. The summed E-state index contributed by atoms with van der Waals surface area (Å²) in [6.07, 6.45) is 3.40. The van der Waals surface area contributed by atoms with Crippen LogP contribution in [0.3, 0.4) is 0 Å². The molecule has 0 aliphatic heterocycles. The summed E-state index contributed by atoms with van der Waals surface area (Å²) in [4.78, 5) is 27.4. The number of rotatable bonds is 9. The van der Waals surface area contributed by atoms with Crippen molar-refractivity contribution in [1.29, 1.82) is 0 Å². The van der Waals surface area contributed by atoms with Gasteiger partial charge in [0.25, 0.3) is 11.8 Å². The van der Waals surface area contributed by atoms with Gasteiger partial charge in [0, 0.05) is 18.8 Å². The number of carbonyl (C=O) groups excluding carboxylic acids is 2. The molecule has 1 aromatic carbocycles. The SMILES string of the molecule is CCCN(CC1CC1)C(=O)C[NH+](C)CC(=O)Nc1ccc(Cl)c(Cl)c1. The molecule has 1 fully saturated rings. The highest BCUT2D eigenvalue weighted by atomic mass is 35.5. The largest absolute Gasteiger partial charge is 0.338 e. The van der Waals surface area contributed by atoms with E-state index >= 15 is 0 Å². The number of nitrogens with zero attached hydrogens (tertiary/aromatic N) is 1.